The van der Waals surface area contributed by atoms with Crippen LogP contribution in [0.5, 0.6) is 0 Å². The first-order valence-electron chi connectivity index (χ1n) is 7.75. The molecular weight excluding hydrogens is 310 g/mol. The van der Waals surface area contributed by atoms with Crippen LogP contribution in [0.1, 0.15) is 10.4 Å². The molecule has 8 heteroatoms. The topological polar surface area (TPSA) is 98.5 Å². The van der Waals surface area contributed by atoms with Crippen LogP contribution in [0.2, 0.25) is 0 Å². The molecule has 0 aromatic carbocycles. The number of aromatic amines is 1. The van der Waals surface area contributed by atoms with Crippen LogP contribution in [0.3, 0.4) is 0 Å². The van der Waals surface area contributed by atoms with Gasteiger partial charge in [0.2, 0.25) is 0 Å². The lowest BCUT2D eigenvalue weighted by Gasteiger charge is -2.23. The molecule has 0 saturated carbocycles. The van der Waals surface area contributed by atoms with E-state index in [1.165, 1.54) is 18.9 Å². The van der Waals surface area contributed by atoms with Gasteiger partial charge >= 0.3 is 0 Å². The molecular formula is C16H17N5O3. The van der Waals surface area contributed by atoms with Gasteiger partial charge in [0.15, 0.2) is 0 Å². The Morgan fingerprint density at radius 2 is 2.21 bits per heavy atom. The fraction of sp³-hybridized carbons (Fsp3) is 0.312. The zero-order chi connectivity index (χ0) is 16.5. The maximum absolute atomic E-state index is 12.5. The number of hydrogen-bond donors (Lipinski definition) is 2. The highest BCUT2D eigenvalue weighted by atomic mass is 16.3. The normalized spacial score (nSPS) is 18.8. The fourth-order valence-electron chi connectivity index (χ4n) is 3.05. The van der Waals surface area contributed by atoms with E-state index in [-0.39, 0.29) is 12.5 Å². The molecule has 0 bridgehead atoms. The lowest BCUT2D eigenvalue weighted by atomic mass is 10.2. The molecule has 3 aromatic rings. The van der Waals surface area contributed by atoms with E-state index in [1.54, 1.807) is 11.0 Å². The quantitative estimate of drug-likeness (QED) is 0.725. The van der Waals surface area contributed by atoms with Gasteiger partial charge in [-0.05, 0) is 12.1 Å². The number of rotatable bonds is 2. The van der Waals surface area contributed by atoms with Gasteiger partial charge in [-0.2, -0.15) is 0 Å². The monoisotopic (exact) mass is 327 g/mol. The van der Waals surface area contributed by atoms with Crippen molar-refractivity contribution in [1.29, 1.82) is 0 Å². The summed E-state index contributed by atoms with van der Waals surface area (Å²) in [4.78, 5) is 27.7. The molecule has 3 aromatic heterocycles. The number of aliphatic hydroxyl groups is 1. The van der Waals surface area contributed by atoms with Crippen molar-refractivity contribution in [2.75, 3.05) is 31.1 Å². The summed E-state index contributed by atoms with van der Waals surface area (Å²) in [6, 6.07) is 3.54. The van der Waals surface area contributed by atoms with Gasteiger partial charge in [0.25, 0.3) is 5.91 Å². The SMILES string of the molecule is O=C(c1ccoc1)N1CCN(c2ncnc3[nH]ccc23)CC(O)C1. The zero-order valence-corrected chi connectivity index (χ0v) is 12.9. The van der Waals surface area contributed by atoms with Gasteiger partial charge in [-0.3, -0.25) is 4.79 Å². The van der Waals surface area contributed by atoms with Crippen LogP contribution in [-0.4, -0.2) is 63.1 Å². The maximum atomic E-state index is 12.5. The van der Waals surface area contributed by atoms with E-state index >= 15 is 0 Å². The predicted molar refractivity (Wildman–Crippen MR) is 86.7 cm³/mol. The minimum absolute atomic E-state index is 0.140. The first-order valence-corrected chi connectivity index (χ1v) is 7.75. The number of nitrogens with zero attached hydrogens (tertiary/aromatic N) is 4. The number of hydrogen-bond acceptors (Lipinski definition) is 6. The Balaban J connectivity index is 1.58. The van der Waals surface area contributed by atoms with Crippen molar-refractivity contribution in [2.24, 2.45) is 0 Å². The molecule has 1 amide bonds. The van der Waals surface area contributed by atoms with Crippen LogP contribution in [0.25, 0.3) is 11.0 Å². The largest absolute Gasteiger partial charge is 0.472 e. The highest BCUT2D eigenvalue weighted by molar-refractivity contribution is 5.94. The molecule has 8 nitrogen and oxygen atoms in total. The molecule has 124 valence electrons. The van der Waals surface area contributed by atoms with Crippen molar-refractivity contribution in [2.45, 2.75) is 6.10 Å². The lowest BCUT2D eigenvalue weighted by molar-refractivity contribution is 0.0673. The molecule has 2 N–H and O–H groups in total. The number of amides is 1. The first-order chi connectivity index (χ1) is 11.7. The van der Waals surface area contributed by atoms with E-state index in [0.717, 1.165) is 16.9 Å². The van der Waals surface area contributed by atoms with E-state index in [9.17, 15) is 9.90 Å². The average molecular weight is 327 g/mol. The van der Waals surface area contributed by atoms with Gasteiger partial charge in [0.1, 0.15) is 24.1 Å². The standard InChI is InChI=1S/C16H17N5O3/c22-12-7-20(15-13-1-3-17-14(13)18-10-19-15)4-5-21(8-12)16(23)11-2-6-24-9-11/h1-3,6,9-10,12,22H,4-5,7-8H2,(H,17,18,19). The van der Waals surface area contributed by atoms with Crippen LogP contribution < -0.4 is 4.90 Å². The fourth-order valence-corrected chi connectivity index (χ4v) is 3.05. The van der Waals surface area contributed by atoms with Gasteiger partial charge < -0.3 is 24.3 Å². The molecule has 1 saturated heterocycles. The smallest absolute Gasteiger partial charge is 0.257 e. The molecule has 1 aliphatic rings. The molecule has 0 aliphatic carbocycles. The third kappa shape index (κ3) is 2.61. The molecule has 4 rings (SSSR count). The molecule has 1 unspecified atom stereocenters. The number of fused-ring (bicyclic) bond motifs is 1. The highest BCUT2D eigenvalue weighted by Gasteiger charge is 2.27. The number of aliphatic hydroxyl groups excluding tert-OH is 1. The Bertz CT molecular complexity index is 844. The number of β-amino-alcohol motifs (C(OH)–C–C–N with tert-alkyl or cyclic N) is 1. The highest BCUT2D eigenvalue weighted by Crippen LogP contribution is 2.23. The van der Waals surface area contributed by atoms with Crippen LogP contribution in [0.4, 0.5) is 5.82 Å². The minimum atomic E-state index is -0.660. The zero-order valence-electron chi connectivity index (χ0n) is 12.9. The molecule has 1 fully saturated rings. The van der Waals surface area contributed by atoms with Gasteiger partial charge in [0.05, 0.1) is 23.3 Å². The first kappa shape index (κ1) is 14.7. The summed E-state index contributed by atoms with van der Waals surface area (Å²) in [6.07, 6.45) is 5.54. The van der Waals surface area contributed by atoms with Crippen molar-refractivity contribution < 1.29 is 14.3 Å². The summed E-state index contributed by atoms with van der Waals surface area (Å²) in [5, 5.41) is 11.3. The Labute approximate surface area is 137 Å². The number of carbonyl (C=O) groups is 1. The molecule has 24 heavy (non-hydrogen) atoms. The Hall–Kier alpha value is -2.87. The second-order valence-electron chi connectivity index (χ2n) is 5.80. The van der Waals surface area contributed by atoms with E-state index in [1.807, 2.05) is 17.2 Å². The predicted octanol–water partition coefficient (Wildman–Crippen LogP) is 0.874. The van der Waals surface area contributed by atoms with Gasteiger partial charge in [0, 0.05) is 32.4 Å². The van der Waals surface area contributed by atoms with Crippen molar-refractivity contribution >= 4 is 22.8 Å². The Morgan fingerprint density at radius 1 is 1.29 bits per heavy atom. The number of anilines is 1. The number of nitrogens with one attached hydrogen (secondary N) is 1. The lowest BCUT2D eigenvalue weighted by Crippen LogP contribution is -2.37. The second kappa shape index (κ2) is 5.97. The van der Waals surface area contributed by atoms with Crippen molar-refractivity contribution in [1.82, 2.24) is 19.9 Å². The van der Waals surface area contributed by atoms with Crippen LogP contribution >= 0.6 is 0 Å². The number of carbonyl (C=O) groups excluding carboxylic acids is 1. The maximum Gasteiger partial charge on any atom is 0.257 e. The summed E-state index contributed by atoms with van der Waals surface area (Å²) < 4.78 is 4.97. The van der Waals surface area contributed by atoms with Gasteiger partial charge in [-0.1, -0.05) is 0 Å². The van der Waals surface area contributed by atoms with Crippen LogP contribution in [0, 0.1) is 0 Å². The third-order valence-corrected chi connectivity index (χ3v) is 4.19. The van der Waals surface area contributed by atoms with Crippen molar-refractivity contribution in [3.05, 3.63) is 42.7 Å². The van der Waals surface area contributed by atoms with Crippen LogP contribution in [0.15, 0.2) is 41.6 Å². The van der Waals surface area contributed by atoms with Gasteiger partial charge in [-0.25, -0.2) is 9.97 Å². The summed E-state index contributed by atoms with van der Waals surface area (Å²) in [6.45, 7) is 1.77. The Morgan fingerprint density at radius 3 is 3.04 bits per heavy atom. The Kier molecular flexibility index (Phi) is 3.66. The number of aromatic nitrogens is 3. The van der Waals surface area contributed by atoms with E-state index in [2.05, 4.69) is 15.0 Å². The third-order valence-electron chi connectivity index (χ3n) is 4.19. The summed E-state index contributed by atoms with van der Waals surface area (Å²) in [7, 11) is 0. The van der Waals surface area contributed by atoms with E-state index < -0.39 is 6.10 Å². The average Bonchev–Trinajstić information content (AvgIpc) is 3.24. The molecule has 1 aliphatic heterocycles. The molecule has 1 atom stereocenters. The van der Waals surface area contributed by atoms with E-state index in [0.29, 0.717) is 25.2 Å². The molecule has 4 heterocycles. The summed E-state index contributed by atoms with van der Waals surface area (Å²) >= 11 is 0. The van der Waals surface area contributed by atoms with Crippen molar-refractivity contribution in [3.8, 4) is 0 Å². The summed E-state index contributed by atoms with van der Waals surface area (Å²) in [5.74, 6) is 0.622. The van der Waals surface area contributed by atoms with E-state index in [4.69, 9.17) is 4.42 Å². The van der Waals surface area contributed by atoms with Gasteiger partial charge in [-0.15, -0.1) is 0 Å². The summed E-state index contributed by atoms with van der Waals surface area (Å²) in [5.41, 5.74) is 1.25. The van der Waals surface area contributed by atoms with Crippen molar-refractivity contribution in [3.63, 3.8) is 0 Å². The second-order valence-corrected chi connectivity index (χ2v) is 5.80. The van der Waals surface area contributed by atoms with Crippen LogP contribution in [-0.2, 0) is 0 Å². The number of furan rings is 1. The molecule has 0 spiro atoms. The molecule has 0 radical (unpaired) electrons. The minimum Gasteiger partial charge on any atom is -0.472 e. The number of H-pyrrole nitrogens is 1.